The number of nitro groups is 1. The van der Waals surface area contributed by atoms with E-state index in [9.17, 15) is 20.0 Å². The maximum atomic E-state index is 12.8. The lowest BCUT2D eigenvalue weighted by molar-refractivity contribution is -0.385. The number of carbonyl (C=O) groups excluding carboxylic acids is 1. The van der Waals surface area contributed by atoms with Gasteiger partial charge in [-0.2, -0.15) is 0 Å². The molecule has 3 aromatic carbocycles. The van der Waals surface area contributed by atoms with E-state index in [0.717, 1.165) is 23.6 Å². The van der Waals surface area contributed by atoms with Crippen molar-refractivity contribution in [1.82, 2.24) is 4.90 Å². The zero-order chi connectivity index (χ0) is 22.5. The van der Waals surface area contributed by atoms with Gasteiger partial charge in [0.15, 0.2) is 0 Å². The minimum atomic E-state index is -0.818. The van der Waals surface area contributed by atoms with Crippen molar-refractivity contribution in [2.24, 2.45) is 0 Å². The van der Waals surface area contributed by atoms with Crippen LogP contribution in [0.25, 0.3) is 10.8 Å². The summed E-state index contributed by atoms with van der Waals surface area (Å²) in [7, 11) is 0. The van der Waals surface area contributed by atoms with Gasteiger partial charge in [-0.3, -0.25) is 14.9 Å². The maximum absolute atomic E-state index is 12.8. The molecule has 8 heteroatoms. The summed E-state index contributed by atoms with van der Waals surface area (Å²) < 4.78 is 5.81. The molecule has 0 aromatic heterocycles. The van der Waals surface area contributed by atoms with Crippen molar-refractivity contribution < 1.29 is 19.6 Å². The molecule has 4 rings (SSSR count). The molecule has 2 N–H and O–H groups in total. The van der Waals surface area contributed by atoms with Crippen molar-refractivity contribution >= 4 is 28.1 Å². The van der Waals surface area contributed by atoms with E-state index in [1.165, 1.54) is 18.2 Å². The Morgan fingerprint density at radius 2 is 1.88 bits per heavy atom. The number of aliphatic hydroxyl groups is 1. The molecule has 1 aliphatic rings. The van der Waals surface area contributed by atoms with E-state index >= 15 is 0 Å². The number of anilines is 1. The van der Waals surface area contributed by atoms with Crippen LogP contribution in [0, 0.1) is 10.1 Å². The third kappa shape index (κ3) is 4.81. The molecule has 32 heavy (non-hydrogen) atoms. The molecule has 8 nitrogen and oxygen atoms in total. The lowest BCUT2D eigenvalue weighted by atomic mass is 10.1. The minimum absolute atomic E-state index is 0.0587. The van der Waals surface area contributed by atoms with Crippen LogP contribution in [-0.2, 0) is 0 Å². The van der Waals surface area contributed by atoms with Gasteiger partial charge in [0.25, 0.3) is 11.6 Å². The molecule has 1 atom stereocenters. The quantitative estimate of drug-likeness (QED) is 0.412. The normalized spacial score (nSPS) is 14.3. The van der Waals surface area contributed by atoms with Gasteiger partial charge in [-0.25, -0.2) is 0 Å². The molecule has 1 heterocycles. The molecular formula is C24H25N3O5. The third-order valence-electron chi connectivity index (χ3n) is 5.54. The number of fused-ring (bicyclic) bond motifs is 1. The van der Waals surface area contributed by atoms with Gasteiger partial charge in [0.05, 0.1) is 4.92 Å². The van der Waals surface area contributed by atoms with Crippen LogP contribution >= 0.6 is 0 Å². The Kier molecular flexibility index (Phi) is 6.51. The van der Waals surface area contributed by atoms with Gasteiger partial charge in [0, 0.05) is 36.8 Å². The van der Waals surface area contributed by atoms with E-state index in [1.807, 2.05) is 42.5 Å². The Balaban J connectivity index is 1.40. The average molecular weight is 435 g/mol. The van der Waals surface area contributed by atoms with Crippen molar-refractivity contribution in [2.75, 3.05) is 31.6 Å². The maximum Gasteiger partial charge on any atom is 0.282 e. The number of rotatable bonds is 8. The molecule has 0 radical (unpaired) electrons. The number of hydrogen-bond donors (Lipinski definition) is 2. The molecule has 0 aliphatic carbocycles. The first kappa shape index (κ1) is 21.6. The van der Waals surface area contributed by atoms with Crippen molar-refractivity contribution in [3.05, 3.63) is 76.3 Å². The average Bonchev–Trinajstić information content (AvgIpc) is 3.35. The summed E-state index contributed by atoms with van der Waals surface area (Å²) in [6, 6.07) is 17.9. The van der Waals surface area contributed by atoms with Crippen LogP contribution in [0.4, 0.5) is 11.4 Å². The lowest BCUT2D eigenvalue weighted by Crippen LogP contribution is -2.29. The predicted octanol–water partition coefficient (Wildman–Crippen LogP) is 3.84. The standard InChI is InChI=1S/C24H25N3O5/c28-19(16-32-23-9-5-7-17-6-1-2-8-20(17)23)15-25-18-10-11-22(27(30)31)21(14-18)24(29)26-12-3-4-13-26/h1-2,5-11,14,19,25,28H,3-4,12-13,15-16H2. The topological polar surface area (TPSA) is 105 Å². The molecule has 0 saturated carbocycles. The summed E-state index contributed by atoms with van der Waals surface area (Å²) in [6.45, 7) is 1.46. The van der Waals surface area contributed by atoms with Crippen LogP contribution in [0.5, 0.6) is 5.75 Å². The highest BCUT2D eigenvalue weighted by molar-refractivity contribution is 5.99. The highest BCUT2D eigenvalue weighted by Crippen LogP contribution is 2.27. The van der Waals surface area contributed by atoms with E-state index in [-0.39, 0.29) is 30.3 Å². The Labute approximate surface area is 185 Å². The molecule has 3 aromatic rings. The molecule has 1 saturated heterocycles. The highest BCUT2D eigenvalue weighted by atomic mass is 16.6. The fraction of sp³-hybridized carbons (Fsp3) is 0.292. The minimum Gasteiger partial charge on any atom is -0.490 e. The molecule has 0 spiro atoms. The van der Waals surface area contributed by atoms with Gasteiger partial charge in [0.2, 0.25) is 0 Å². The predicted molar refractivity (Wildman–Crippen MR) is 122 cm³/mol. The number of nitrogens with one attached hydrogen (secondary N) is 1. The van der Waals surface area contributed by atoms with Gasteiger partial charge < -0.3 is 20.1 Å². The molecule has 1 fully saturated rings. The largest absolute Gasteiger partial charge is 0.490 e. The van der Waals surface area contributed by atoms with Gasteiger partial charge in [-0.1, -0.05) is 36.4 Å². The van der Waals surface area contributed by atoms with Crippen LogP contribution in [0.15, 0.2) is 60.7 Å². The number of aliphatic hydroxyl groups excluding tert-OH is 1. The zero-order valence-corrected chi connectivity index (χ0v) is 17.6. The van der Waals surface area contributed by atoms with E-state index in [1.54, 1.807) is 4.90 Å². The number of benzene rings is 3. The summed E-state index contributed by atoms with van der Waals surface area (Å²) in [4.78, 5) is 25.2. The zero-order valence-electron chi connectivity index (χ0n) is 17.6. The van der Waals surface area contributed by atoms with Crippen LogP contribution < -0.4 is 10.1 Å². The first-order valence-electron chi connectivity index (χ1n) is 10.6. The number of amides is 1. The van der Waals surface area contributed by atoms with Crippen LogP contribution in [-0.4, -0.2) is 53.2 Å². The second kappa shape index (κ2) is 9.65. The molecule has 166 valence electrons. The first-order valence-corrected chi connectivity index (χ1v) is 10.6. The fourth-order valence-corrected chi connectivity index (χ4v) is 3.87. The van der Waals surface area contributed by atoms with Gasteiger partial charge in [-0.15, -0.1) is 0 Å². The molecule has 1 aliphatic heterocycles. The lowest BCUT2D eigenvalue weighted by Gasteiger charge is -2.17. The highest BCUT2D eigenvalue weighted by Gasteiger charge is 2.27. The monoisotopic (exact) mass is 435 g/mol. The van der Waals surface area contributed by atoms with E-state index < -0.39 is 11.0 Å². The Hall–Kier alpha value is -3.65. The van der Waals surface area contributed by atoms with Crippen LogP contribution in [0.1, 0.15) is 23.2 Å². The van der Waals surface area contributed by atoms with Crippen LogP contribution in [0.2, 0.25) is 0 Å². The molecule has 1 unspecified atom stereocenters. The number of ether oxygens (including phenoxy) is 1. The van der Waals surface area contributed by atoms with Crippen molar-refractivity contribution in [3.8, 4) is 5.75 Å². The summed E-state index contributed by atoms with van der Waals surface area (Å²) in [5, 5.41) is 26.8. The van der Waals surface area contributed by atoms with E-state index in [0.29, 0.717) is 24.5 Å². The second-order valence-electron chi connectivity index (χ2n) is 7.81. The summed E-state index contributed by atoms with van der Waals surface area (Å²) in [6.07, 6.45) is 0.989. The van der Waals surface area contributed by atoms with E-state index in [4.69, 9.17) is 4.74 Å². The fourth-order valence-electron chi connectivity index (χ4n) is 3.87. The van der Waals surface area contributed by atoms with Gasteiger partial charge in [-0.05, 0) is 36.4 Å². The van der Waals surface area contributed by atoms with Crippen molar-refractivity contribution in [1.29, 1.82) is 0 Å². The first-order chi connectivity index (χ1) is 15.5. The van der Waals surface area contributed by atoms with Gasteiger partial charge >= 0.3 is 0 Å². The number of likely N-dealkylation sites (tertiary alicyclic amines) is 1. The molecule has 0 bridgehead atoms. The Morgan fingerprint density at radius 3 is 2.66 bits per heavy atom. The van der Waals surface area contributed by atoms with Gasteiger partial charge in [0.1, 0.15) is 24.0 Å². The summed E-state index contributed by atoms with van der Waals surface area (Å²) in [5.74, 6) is 0.355. The van der Waals surface area contributed by atoms with Crippen LogP contribution in [0.3, 0.4) is 0 Å². The smallest absolute Gasteiger partial charge is 0.282 e. The third-order valence-corrected chi connectivity index (χ3v) is 5.54. The number of hydrogen-bond acceptors (Lipinski definition) is 6. The van der Waals surface area contributed by atoms with E-state index in [2.05, 4.69) is 5.32 Å². The second-order valence-corrected chi connectivity index (χ2v) is 7.81. The summed E-state index contributed by atoms with van der Waals surface area (Å²) in [5.41, 5.74) is 0.373. The number of carbonyl (C=O) groups is 1. The van der Waals surface area contributed by atoms with Crippen molar-refractivity contribution in [3.63, 3.8) is 0 Å². The Morgan fingerprint density at radius 1 is 1.12 bits per heavy atom. The van der Waals surface area contributed by atoms with Crippen molar-refractivity contribution in [2.45, 2.75) is 18.9 Å². The summed E-state index contributed by atoms with van der Waals surface area (Å²) >= 11 is 0. The molecule has 1 amide bonds. The SMILES string of the molecule is O=C(c1cc(NCC(O)COc2cccc3ccccc23)ccc1[N+](=O)[O-])N1CCCC1. The Bertz CT molecular complexity index is 1120. The molecular weight excluding hydrogens is 410 g/mol. The number of nitrogens with zero attached hydrogens (tertiary/aromatic N) is 2. The number of nitro benzene ring substituents is 1.